The maximum atomic E-state index is 13.0. The van der Waals surface area contributed by atoms with Crippen molar-refractivity contribution in [3.63, 3.8) is 0 Å². The predicted octanol–water partition coefficient (Wildman–Crippen LogP) is 1.54. The molecular formula is C19H29N7O2. The number of nitrogens with one attached hydrogen (secondary N) is 1. The summed E-state index contributed by atoms with van der Waals surface area (Å²) >= 11 is 0. The zero-order valence-corrected chi connectivity index (χ0v) is 17.5. The van der Waals surface area contributed by atoms with Crippen LogP contribution < -0.4 is 5.32 Å². The van der Waals surface area contributed by atoms with Crippen LogP contribution in [0.2, 0.25) is 0 Å². The highest BCUT2D eigenvalue weighted by atomic mass is 16.2. The molecule has 1 N–H and O–H groups in total. The average Bonchev–Trinajstić information content (AvgIpc) is 3.16. The Morgan fingerprint density at radius 3 is 2.68 bits per heavy atom. The molecule has 0 radical (unpaired) electrons. The molecule has 0 saturated heterocycles. The number of amides is 2. The highest BCUT2D eigenvalue weighted by Crippen LogP contribution is 2.19. The second kappa shape index (κ2) is 7.73. The lowest BCUT2D eigenvalue weighted by molar-refractivity contribution is 0.0766. The van der Waals surface area contributed by atoms with Crippen LogP contribution in [-0.2, 0) is 19.6 Å². The lowest BCUT2D eigenvalue weighted by Gasteiger charge is -2.26. The lowest BCUT2D eigenvalue weighted by atomic mass is 10.0. The van der Waals surface area contributed by atoms with Gasteiger partial charge < -0.3 is 10.2 Å². The first-order valence-electron chi connectivity index (χ1n) is 9.75. The molecule has 0 bridgehead atoms. The highest BCUT2D eigenvalue weighted by molar-refractivity contribution is 6.05. The molecule has 2 aromatic rings. The number of aromatic nitrogens is 5. The van der Waals surface area contributed by atoms with Gasteiger partial charge in [-0.1, -0.05) is 19.1 Å². The van der Waals surface area contributed by atoms with E-state index < -0.39 is 0 Å². The fraction of sp³-hybridized carbons (Fsp3) is 0.632. The van der Waals surface area contributed by atoms with E-state index in [1.165, 1.54) is 0 Å². The third-order valence-electron chi connectivity index (χ3n) is 5.21. The van der Waals surface area contributed by atoms with Crippen molar-refractivity contribution in [2.24, 2.45) is 5.92 Å². The summed E-state index contributed by atoms with van der Waals surface area (Å²) < 4.78 is 3.48. The van der Waals surface area contributed by atoms with Crippen LogP contribution in [0.3, 0.4) is 0 Å². The molecule has 3 heterocycles. The van der Waals surface area contributed by atoms with Crippen molar-refractivity contribution in [1.29, 1.82) is 0 Å². The topological polar surface area (TPSA) is 97.9 Å². The van der Waals surface area contributed by atoms with Gasteiger partial charge in [-0.3, -0.25) is 14.3 Å². The van der Waals surface area contributed by atoms with Crippen LogP contribution in [0, 0.1) is 19.8 Å². The van der Waals surface area contributed by atoms with Gasteiger partial charge in [-0.05, 0) is 33.1 Å². The van der Waals surface area contributed by atoms with Gasteiger partial charge >= 0.3 is 0 Å². The van der Waals surface area contributed by atoms with Crippen molar-refractivity contribution in [1.82, 2.24) is 35.0 Å². The summed E-state index contributed by atoms with van der Waals surface area (Å²) in [5.41, 5.74) is 3.30. The van der Waals surface area contributed by atoms with Gasteiger partial charge in [-0.25, -0.2) is 4.68 Å². The Balaban J connectivity index is 1.80. The van der Waals surface area contributed by atoms with E-state index in [9.17, 15) is 9.59 Å². The minimum absolute atomic E-state index is 0.00700. The van der Waals surface area contributed by atoms with Gasteiger partial charge in [0, 0.05) is 37.4 Å². The van der Waals surface area contributed by atoms with Crippen LogP contribution >= 0.6 is 0 Å². The fourth-order valence-corrected chi connectivity index (χ4v) is 3.78. The molecule has 28 heavy (non-hydrogen) atoms. The molecule has 3 rings (SSSR count). The summed E-state index contributed by atoms with van der Waals surface area (Å²) in [5, 5.41) is 15.6. The molecule has 0 fully saturated rings. The molecule has 9 nitrogen and oxygen atoms in total. The normalized spacial score (nSPS) is 16.2. The van der Waals surface area contributed by atoms with Crippen molar-refractivity contribution in [2.75, 3.05) is 7.05 Å². The summed E-state index contributed by atoms with van der Waals surface area (Å²) in [6.07, 6.45) is 0.855. The molecule has 2 aromatic heterocycles. The molecule has 0 saturated carbocycles. The van der Waals surface area contributed by atoms with Crippen molar-refractivity contribution in [3.8, 4) is 0 Å². The van der Waals surface area contributed by atoms with Gasteiger partial charge in [-0.2, -0.15) is 5.10 Å². The molecule has 1 atom stereocenters. The SMILES string of the molecule is CCn1nc(C)c(CN(C)C(=O)c2nnn3c2C(=O)NC(CC(C)C)C3)c1C. The van der Waals surface area contributed by atoms with E-state index in [0.717, 1.165) is 29.9 Å². The zero-order chi connectivity index (χ0) is 20.6. The third-order valence-corrected chi connectivity index (χ3v) is 5.21. The maximum Gasteiger partial charge on any atom is 0.276 e. The highest BCUT2D eigenvalue weighted by Gasteiger charge is 2.33. The van der Waals surface area contributed by atoms with E-state index in [2.05, 4.69) is 34.6 Å². The van der Waals surface area contributed by atoms with Gasteiger partial charge in [0.25, 0.3) is 11.8 Å². The Hall–Kier alpha value is -2.71. The zero-order valence-electron chi connectivity index (χ0n) is 17.5. The van der Waals surface area contributed by atoms with Crippen LogP contribution in [0.4, 0.5) is 0 Å². The number of fused-ring (bicyclic) bond motifs is 1. The largest absolute Gasteiger partial charge is 0.346 e. The maximum absolute atomic E-state index is 13.0. The first-order valence-corrected chi connectivity index (χ1v) is 9.75. The average molecular weight is 387 g/mol. The number of nitrogens with zero attached hydrogens (tertiary/aromatic N) is 6. The minimum Gasteiger partial charge on any atom is -0.346 e. The second-order valence-corrected chi connectivity index (χ2v) is 7.90. The van der Waals surface area contributed by atoms with Gasteiger partial charge in [0.1, 0.15) is 0 Å². The summed E-state index contributed by atoms with van der Waals surface area (Å²) in [7, 11) is 1.71. The number of hydrogen-bond donors (Lipinski definition) is 1. The Morgan fingerprint density at radius 1 is 1.36 bits per heavy atom. The molecular weight excluding hydrogens is 358 g/mol. The second-order valence-electron chi connectivity index (χ2n) is 7.90. The standard InChI is InChI=1S/C19H29N7O2/c1-7-25-13(5)15(12(4)22-25)10-24(6)19(28)16-17-18(27)20-14(8-11(2)3)9-26(17)23-21-16/h11,14H,7-10H2,1-6H3,(H,20,27). The van der Waals surface area contributed by atoms with Gasteiger partial charge in [-0.15, -0.1) is 5.10 Å². The van der Waals surface area contributed by atoms with Crippen molar-refractivity contribution >= 4 is 11.8 Å². The number of carbonyl (C=O) groups excluding carboxylic acids is 2. The van der Waals surface area contributed by atoms with E-state index in [1.807, 2.05) is 25.5 Å². The summed E-state index contributed by atoms with van der Waals surface area (Å²) in [4.78, 5) is 27.2. The van der Waals surface area contributed by atoms with Crippen LogP contribution in [0.15, 0.2) is 0 Å². The van der Waals surface area contributed by atoms with Crippen molar-refractivity contribution in [2.45, 2.75) is 66.7 Å². The Bertz CT molecular complexity index is 896. The van der Waals surface area contributed by atoms with E-state index in [4.69, 9.17) is 0 Å². The van der Waals surface area contributed by atoms with E-state index in [1.54, 1.807) is 16.6 Å². The van der Waals surface area contributed by atoms with Gasteiger partial charge in [0.05, 0.1) is 12.2 Å². The van der Waals surface area contributed by atoms with E-state index in [0.29, 0.717) is 19.0 Å². The van der Waals surface area contributed by atoms with Crippen LogP contribution in [0.5, 0.6) is 0 Å². The number of aryl methyl sites for hydroxylation is 2. The first kappa shape index (κ1) is 20.0. The van der Waals surface area contributed by atoms with Crippen LogP contribution in [-0.4, -0.2) is 54.6 Å². The quantitative estimate of drug-likeness (QED) is 0.811. The lowest BCUT2D eigenvalue weighted by Crippen LogP contribution is -2.46. The Morgan fingerprint density at radius 2 is 2.07 bits per heavy atom. The molecule has 9 heteroatoms. The number of rotatable bonds is 6. The Kier molecular flexibility index (Phi) is 5.53. The Labute approximate surface area is 165 Å². The monoisotopic (exact) mass is 387 g/mol. The predicted molar refractivity (Wildman–Crippen MR) is 104 cm³/mol. The molecule has 0 aliphatic carbocycles. The third kappa shape index (κ3) is 3.65. The first-order chi connectivity index (χ1) is 13.2. The molecule has 1 unspecified atom stereocenters. The molecule has 152 valence electrons. The molecule has 2 amide bonds. The summed E-state index contributed by atoms with van der Waals surface area (Å²) in [6.45, 7) is 11.9. The van der Waals surface area contributed by atoms with Crippen molar-refractivity contribution in [3.05, 3.63) is 28.3 Å². The summed E-state index contributed by atoms with van der Waals surface area (Å²) in [6, 6.07) is 0.00700. The summed E-state index contributed by atoms with van der Waals surface area (Å²) in [5.74, 6) is -0.148. The molecule has 0 spiro atoms. The van der Waals surface area contributed by atoms with E-state index in [-0.39, 0.29) is 29.2 Å². The molecule has 0 aromatic carbocycles. The van der Waals surface area contributed by atoms with Crippen LogP contribution in [0.1, 0.15) is 65.1 Å². The smallest absolute Gasteiger partial charge is 0.276 e. The molecule has 1 aliphatic heterocycles. The fourth-order valence-electron chi connectivity index (χ4n) is 3.78. The molecule has 1 aliphatic rings. The van der Waals surface area contributed by atoms with Crippen LogP contribution in [0.25, 0.3) is 0 Å². The van der Waals surface area contributed by atoms with Gasteiger partial charge in [0.2, 0.25) is 0 Å². The van der Waals surface area contributed by atoms with Crippen molar-refractivity contribution < 1.29 is 9.59 Å². The minimum atomic E-state index is -0.318. The van der Waals surface area contributed by atoms with E-state index >= 15 is 0 Å². The number of carbonyl (C=O) groups is 2. The van der Waals surface area contributed by atoms with Gasteiger partial charge in [0.15, 0.2) is 11.4 Å². The number of hydrogen-bond acceptors (Lipinski definition) is 5.